The molecule has 0 N–H and O–H groups in total. The van der Waals surface area contributed by atoms with Gasteiger partial charge >= 0.3 is 0 Å². The number of ether oxygens (including phenoxy) is 1. The van der Waals surface area contributed by atoms with Gasteiger partial charge in [0.1, 0.15) is 12.4 Å². The molecule has 142 valence electrons. The van der Waals surface area contributed by atoms with Crippen molar-refractivity contribution >= 4 is 0 Å². The van der Waals surface area contributed by atoms with Crippen LogP contribution >= 0.6 is 0 Å². The Hall–Kier alpha value is -1.77. The van der Waals surface area contributed by atoms with Gasteiger partial charge in [0.2, 0.25) is 0 Å². The standard InChI is InChI=1S/C18H29N7O/c1-22-17(15-25-7-3-5-19-25)20-21-18(22)16-4-2-6-24(14-16)9-8-23-10-12-26-13-11-23/h3,5,7,16H,2,4,6,8-15H2,1H3/t16-/m1/s1. The number of morpholine rings is 1. The molecule has 0 amide bonds. The third kappa shape index (κ3) is 4.13. The molecule has 4 heterocycles. The van der Waals surface area contributed by atoms with Crippen molar-refractivity contribution in [1.29, 1.82) is 0 Å². The number of aromatic nitrogens is 5. The van der Waals surface area contributed by atoms with Crippen LogP contribution in [-0.4, -0.2) is 86.8 Å². The van der Waals surface area contributed by atoms with Crippen LogP contribution in [0, 0.1) is 0 Å². The van der Waals surface area contributed by atoms with Gasteiger partial charge in [-0.1, -0.05) is 0 Å². The SMILES string of the molecule is Cn1c(Cn2cccn2)nnc1[C@@H]1CCCN(CCN2CCOCC2)C1. The fraction of sp³-hybridized carbons (Fsp3) is 0.722. The van der Waals surface area contributed by atoms with Crippen LogP contribution in [0.4, 0.5) is 0 Å². The van der Waals surface area contributed by atoms with Gasteiger partial charge in [0.05, 0.1) is 13.2 Å². The summed E-state index contributed by atoms with van der Waals surface area (Å²) in [6.45, 7) is 9.10. The molecular weight excluding hydrogens is 330 g/mol. The molecule has 4 rings (SSSR count). The summed E-state index contributed by atoms with van der Waals surface area (Å²) in [5.41, 5.74) is 0. The topological polar surface area (TPSA) is 64.2 Å². The van der Waals surface area contributed by atoms with Crippen molar-refractivity contribution in [2.24, 2.45) is 7.05 Å². The molecule has 0 unspecified atom stereocenters. The summed E-state index contributed by atoms with van der Waals surface area (Å²) in [7, 11) is 2.08. The largest absolute Gasteiger partial charge is 0.379 e. The van der Waals surface area contributed by atoms with Crippen molar-refractivity contribution in [3.63, 3.8) is 0 Å². The molecule has 0 saturated carbocycles. The second kappa shape index (κ2) is 8.28. The van der Waals surface area contributed by atoms with Crippen LogP contribution in [0.2, 0.25) is 0 Å². The molecule has 2 fully saturated rings. The summed E-state index contributed by atoms with van der Waals surface area (Å²) in [5.74, 6) is 2.55. The van der Waals surface area contributed by atoms with Crippen molar-refractivity contribution < 1.29 is 4.74 Å². The van der Waals surface area contributed by atoms with Gasteiger partial charge in [-0.05, 0) is 25.5 Å². The Kier molecular flexibility index (Phi) is 5.62. The summed E-state index contributed by atoms with van der Waals surface area (Å²) >= 11 is 0. The normalized spacial score (nSPS) is 22.7. The predicted molar refractivity (Wildman–Crippen MR) is 98.0 cm³/mol. The minimum atomic E-state index is 0.470. The van der Waals surface area contributed by atoms with Crippen LogP contribution < -0.4 is 0 Å². The van der Waals surface area contributed by atoms with E-state index in [4.69, 9.17) is 4.74 Å². The molecule has 26 heavy (non-hydrogen) atoms. The Labute approximate surface area is 154 Å². The molecule has 8 nitrogen and oxygen atoms in total. The molecule has 0 aromatic carbocycles. The number of hydrogen-bond donors (Lipinski definition) is 0. The molecule has 1 atom stereocenters. The number of likely N-dealkylation sites (tertiary alicyclic amines) is 1. The zero-order chi connectivity index (χ0) is 17.8. The maximum atomic E-state index is 5.44. The van der Waals surface area contributed by atoms with Crippen LogP contribution in [0.3, 0.4) is 0 Å². The maximum Gasteiger partial charge on any atom is 0.154 e. The number of nitrogens with zero attached hydrogens (tertiary/aromatic N) is 7. The summed E-state index contributed by atoms with van der Waals surface area (Å²) in [5, 5.41) is 13.2. The monoisotopic (exact) mass is 359 g/mol. The van der Waals surface area contributed by atoms with E-state index in [2.05, 4.69) is 36.7 Å². The lowest BCUT2D eigenvalue weighted by Gasteiger charge is -2.34. The Morgan fingerprint density at radius 2 is 1.96 bits per heavy atom. The Morgan fingerprint density at radius 3 is 2.77 bits per heavy atom. The van der Waals surface area contributed by atoms with E-state index >= 15 is 0 Å². The lowest BCUT2D eigenvalue weighted by molar-refractivity contribution is 0.0318. The zero-order valence-electron chi connectivity index (χ0n) is 15.6. The van der Waals surface area contributed by atoms with Gasteiger partial charge in [-0.2, -0.15) is 5.10 Å². The Morgan fingerprint density at radius 1 is 1.12 bits per heavy atom. The third-order valence-corrected chi connectivity index (χ3v) is 5.57. The highest BCUT2D eigenvalue weighted by molar-refractivity contribution is 5.04. The Balaban J connectivity index is 1.34. The number of rotatable bonds is 6. The first-order valence-corrected chi connectivity index (χ1v) is 9.67. The summed E-state index contributed by atoms with van der Waals surface area (Å²) in [6.07, 6.45) is 6.18. The van der Waals surface area contributed by atoms with Crippen molar-refractivity contribution in [2.75, 3.05) is 52.5 Å². The molecule has 8 heteroatoms. The molecule has 2 saturated heterocycles. The van der Waals surface area contributed by atoms with Gasteiger partial charge < -0.3 is 14.2 Å². The van der Waals surface area contributed by atoms with E-state index in [-0.39, 0.29) is 0 Å². The quantitative estimate of drug-likeness (QED) is 0.751. The molecule has 0 radical (unpaired) electrons. The second-order valence-electron chi connectivity index (χ2n) is 7.33. The Bertz CT molecular complexity index is 678. The first-order chi connectivity index (χ1) is 12.8. The summed E-state index contributed by atoms with van der Waals surface area (Å²) in [6, 6.07) is 1.94. The summed E-state index contributed by atoms with van der Waals surface area (Å²) in [4.78, 5) is 5.10. The molecule has 2 aromatic heterocycles. The van der Waals surface area contributed by atoms with Crippen molar-refractivity contribution in [3.05, 3.63) is 30.1 Å². The number of hydrogen-bond acceptors (Lipinski definition) is 6. The van der Waals surface area contributed by atoms with Gasteiger partial charge in [0.25, 0.3) is 0 Å². The van der Waals surface area contributed by atoms with Gasteiger partial charge in [-0.15, -0.1) is 10.2 Å². The van der Waals surface area contributed by atoms with Crippen LogP contribution in [-0.2, 0) is 18.3 Å². The lowest BCUT2D eigenvalue weighted by Crippen LogP contribution is -2.44. The van der Waals surface area contributed by atoms with Gasteiger partial charge in [-0.25, -0.2) is 0 Å². The predicted octanol–water partition coefficient (Wildman–Crippen LogP) is 0.572. The van der Waals surface area contributed by atoms with Gasteiger partial charge in [-0.3, -0.25) is 9.58 Å². The molecular formula is C18H29N7O. The van der Waals surface area contributed by atoms with E-state index in [1.54, 1.807) is 6.20 Å². The van der Waals surface area contributed by atoms with Crippen molar-refractivity contribution in [2.45, 2.75) is 25.3 Å². The highest BCUT2D eigenvalue weighted by atomic mass is 16.5. The molecule has 2 aromatic rings. The minimum Gasteiger partial charge on any atom is -0.379 e. The fourth-order valence-corrected chi connectivity index (χ4v) is 3.98. The van der Waals surface area contributed by atoms with Gasteiger partial charge in [0.15, 0.2) is 5.82 Å². The van der Waals surface area contributed by atoms with E-state index < -0.39 is 0 Å². The highest BCUT2D eigenvalue weighted by Gasteiger charge is 2.26. The molecule has 0 bridgehead atoms. The average Bonchev–Trinajstić information content (AvgIpc) is 3.32. The van der Waals surface area contributed by atoms with E-state index in [0.29, 0.717) is 12.5 Å². The fourth-order valence-electron chi connectivity index (χ4n) is 3.98. The van der Waals surface area contributed by atoms with Crippen LogP contribution in [0.25, 0.3) is 0 Å². The molecule has 0 spiro atoms. The van der Waals surface area contributed by atoms with E-state index in [1.807, 2.05) is 16.9 Å². The zero-order valence-corrected chi connectivity index (χ0v) is 15.6. The average molecular weight is 359 g/mol. The summed E-state index contributed by atoms with van der Waals surface area (Å²) < 4.78 is 9.50. The highest BCUT2D eigenvalue weighted by Crippen LogP contribution is 2.25. The first-order valence-electron chi connectivity index (χ1n) is 9.67. The smallest absolute Gasteiger partial charge is 0.154 e. The molecule has 0 aliphatic carbocycles. The van der Waals surface area contributed by atoms with E-state index in [0.717, 1.165) is 57.6 Å². The van der Waals surface area contributed by atoms with Crippen LogP contribution in [0.15, 0.2) is 18.5 Å². The van der Waals surface area contributed by atoms with Crippen LogP contribution in [0.1, 0.15) is 30.4 Å². The van der Waals surface area contributed by atoms with Crippen molar-refractivity contribution in [1.82, 2.24) is 34.3 Å². The first kappa shape index (κ1) is 17.6. The lowest BCUT2D eigenvalue weighted by atomic mass is 9.97. The maximum absolute atomic E-state index is 5.44. The van der Waals surface area contributed by atoms with E-state index in [1.165, 1.54) is 19.4 Å². The van der Waals surface area contributed by atoms with Crippen LogP contribution in [0.5, 0.6) is 0 Å². The van der Waals surface area contributed by atoms with Gasteiger partial charge in [0, 0.05) is 58.1 Å². The third-order valence-electron chi connectivity index (χ3n) is 5.57. The van der Waals surface area contributed by atoms with E-state index in [9.17, 15) is 0 Å². The minimum absolute atomic E-state index is 0.470. The number of piperidine rings is 1. The molecule has 2 aliphatic rings. The molecule has 2 aliphatic heterocycles. The second-order valence-corrected chi connectivity index (χ2v) is 7.33. The van der Waals surface area contributed by atoms with Crippen molar-refractivity contribution in [3.8, 4) is 0 Å².